The lowest BCUT2D eigenvalue weighted by atomic mass is 9.95. The van der Waals surface area contributed by atoms with Gasteiger partial charge in [0.15, 0.2) is 0 Å². The molecule has 1 aliphatic heterocycles. The van der Waals surface area contributed by atoms with E-state index in [4.69, 9.17) is 4.74 Å². The number of aliphatic hydroxyl groups excluding tert-OH is 1. The normalized spacial score (nSPS) is 28.5. The lowest BCUT2D eigenvalue weighted by Gasteiger charge is -2.11. The number of unbranched alkanes of at least 4 members (excludes halogenated alkanes) is 2. The molecule has 1 fully saturated rings. The zero-order valence-electron chi connectivity index (χ0n) is 11.2. The van der Waals surface area contributed by atoms with Crippen LogP contribution in [0.15, 0.2) is 42.5 Å². The van der Waals surface area contributed by atoms with Gasteiger partial charge in [0, 0.05) is 0 Å². The van der Waals surface area contributed by atoms with E-state index in [9.17, 15) is 5.11 Å². The quantitative estimate of drug-likeness (QED) is 0.472. The van der Waals surface area contributed by atoms with E-state index in [1.165, 1.54) is 12.8 Å². The predicted octanol–water partition coefficient (Wildman–Crippen LogP) is 3.62. The number of rotatable bonds is 6. The third kappa shape index (κ3) is 2.82. The lowest BCUT2D eigenvalue weighted by molar-refractivity contribution is 0.123. The molecule has 0 unspecified atom stereocenters. The van der Waals surface area contributed by atoms with Crippen molar-refractivity contribution in [3.63, 3.8) is 0 Å². The molecule has 0 aromatic heterocycles. The van der Waals surface area contributed by atoms with Crippen molar-refractivity contribution in [3.8, 4) is 0 Å². The second-order valence-electron chi connectivity index (χ2n) is 5.11. The maximum Gasteiger partial charge on any atom is 0.126 e. The molecule has 1 saturated heterocycles. The Hall–Kier alpha value is -1.12. The second kappa shape index (κ2) is 5.68. The number of allylic oxidation sites excluding steroid dienone is 1. The molecule has 2 heteroatoms. The Bertz CT molecular complexity index is 399. The summed E-state index contributed by atoms with van der Waals surface area (Å²) < 4.78 is 5.71. The Morgan fingerprint density at radius 1 is 1.39 bits per heavy atom. The molecule has 0 bridgehead atoms. The smallest absolute Gasteiger partial charge is 0.126 e. The van der Waals surface area contributed by atoms with Crippen molar-refractivity contribution < 1.29 is 9.84 Å². The van der Waals surface area contributed by atoms with Gasteiger partial charge in [-0.25, -0.2) is 0 Å². The van der Waals surface area contributed by atoms with Crippen LogP contribution in [0.1, 0.15) is 44.8 Å². The van der Waals surface area contributed by atoms with Gasteiger partial charge in [-0.05, 0) is 18.9 Å². The molecule has 0 radical (unpaired) electrons. The van der Waals surface area contributed by atoms with Crippen LogP contribution < -0.4 is 0 Å². The van der Waals surface area contributed by atoms with Crippen LogP contribution in [0.25, 0.3) is 0 Å². The number of epoxide rings is 1. The minimum atomic E-state index is -0.528. The Balaban J connectivity index is 1.92. The first-order valence-corrected chi connectivity index (χ1v) is 6.76. The first kappa shape index (κ1) is 13.3. The molecule has 1 heterocycles. The van der Waals surface area contributed by atoms with Crippen molar-refractivity contribution in [2.75, 3.05) is 0 Å². The zero-order valence-corrected chi connectivity index (χ0v) is 11.2. The van der Waals surface area contributed by atoms with Crippen molar-refractivity contribution in [2.24, 2.45) is 0 Å². The summed E-state index contributed by atoms with van der Waals surface area (Å²) in [6, 6.07) is 10.1. The fourth-order valence-corrected chi connectivity index (χ4v) is 2.21. The summed E-state index contributed by atoms with van der Waals surface area (Å²) in [5.74, 6) is 0. The summed E-state index contributed by atoms with van der Waals surface area (Å²) in [6.07, 6.45) is 6.80. The number of benzene rings is 1. The molecule has 0 aliphatic carbocycles. The molecule has 1 N–H and O–H groups in total. The third-order valence-electron chi connectivity index (χ3n) is 3.57. The van der Waals surface area contributed by atoms with Crippen molar-refractivity contribution in [2.45, 2.75) is 50.9 Å². The molecular formula is C16H22O2. The van der Waals surface area contributed by atoms with E-state index in [0.717, 1.165) is 12.0 Å². The van der Waals surface area contributed by atoms with Crippen LogP contribution in [-0.4, -0.2) is 16.8 Å². The summed E-state index contributed by atoms with van der Waals surface area (Å²) in [6.45, 7) is 4.14. The Kier molecular flexibility index (Phi) is 4.20. The number of hydrogen-bond acceptors (Lipinski definition) is 2. The van der Waals surface area contributed by atoms with Crippen LogP contribution in [0, 0.1) is 0 Å². The lowest BCUT2D eigenvalue weighted by Crippen LogP contribution is -2.24. The van der Waals surface area contributed by atoms with Gasteiger partial charge >= 0.3 is 0 Å². The fraction of sp³-hybridized carbons (Fsp3) is 0.500. The molecule has 1 aliphatic rings. The van der Waals surface area contributed by atoms with Gasteiger partial charge in [-0.2, -0.15) is 0 Å². The summed E-state index contributed by atoms with van der Waals surface area (Å²) in [4.78, 5) is 0. The Morgan fingerprint density at radius 3 is 2.78 bits per heavy atom. The van der Waals surface area contributed by atoms with Crippen LogP contribution in [-0.2, 0) is 4.74 Å². The van der Waals surface area contributed by atoms with E-state index < -0.39 is 11.7 Å². The topological polar surface area (TPSA) is 32.8 Å². The minimum absolute atomic E-state index is 0.0181. The molecule has 1 aromatic rings. The van der Waals surface area contributed by atoms with Gasteiger partial charge in [0.25, 0.3) is 0 Å². The predicted molar refractivity (Wildman–Crippen MR) is 73.3 cm³/mol. The van der Waals surface area contributed by atoms with Gasteiger partial charge in [-0.3, -0.25) is 0 Å². The first-order chi connectivity index (χ1) is 8.68. The number of hydrogen-bond donors (Lipinski definition) is 1. The average Bonchev–Trinajstić information content (AvgIpc) is 3.09. The van der Waals surface area contributed by atoms with Crippen LogP contribution in [0.4, 0.5) is 0 Å². The van der Waals surface area contributed by atoms with E-state index in [0.29, 0.717) is 0 Å². The maximum atomic E-state index is 10.2. The Morgan fingerprint density at radius 2 is 2.11 bits per heavy atom. The average molecular weight is 246 g/mol. The van der Waals surface area contributed by atoms with E-state index in [-0.39, 0.29) is 6.10 Å². The van der Waals surface area contributed by atoms with E-state index >= 15 is 0 Å². The van der Waals surface area contributed by atoms with Gasteiger partial charge in [0.1, 0.15) is 17.8 Å². The van der Waals surface area contributed by atoms with Crippen LogP contribution in [0.5, 0.6) is 0 Å². The van der Waals surface area contributed by atoms with Gasteiger partial charge in [-0.15, -0.1) is 0 Å². The number of aliphatic hydroxyl groups is 1. The van der Waals surface area contributed by atoms with Crippen molar-refractivity contribution in [1.82, 2.24) is 0 Å². The summed E-state index contributed by atoms with van der Waals surface area (Å²) >= 11 is 0. The molecule has 1 aromatic carbocycles. The highest BCUT2D eigenvalue weighted by Crippen LogP contribution is 2.51. The largest absolute Gasteiger partial charge is 0.386 e. The fourth-order valence-electron chi connectivity index (χ4n) is 2.21. The molecule has 0 saturated carbocycles. The molecule has 0 spiro atoms. The highest BCUT2D eigenvalue weighted by molar-refractivity contribution is 5.28. The van der Waals surface area contributed by atoms with Crippen molar-refractivity contribution in [3.05, 3.63) is 48.0 Å². The molecule has 2 rings (SSSR count). The molecule has 0 amide bonds. The summed E-state index contributed by atoms with van der Waals surface area (Å²) in [5.41, 5.74) is 0.686. The second-order valence-corrected chi connectivity index (χ2v) is 5.11. The highest BCUT2D eigenvalue weighted by Gasteiger charge is 2.57. The van der Waals surface area contributed by atoms with E-state index in [1.54, 1.807) is 0 Å². The van der Waals surface area contributed by atoms with Gasteiger partial charge in [-0.1, -0.05) is 62.2 Å². The van der Waals surface area contributed by atoms with E-state index in [2.05, 4.69) is 13.0 Å². The highest BCUT2D eigenvalue weighted by atomic mass is 16.6. The van der Waals surface area contributed by atoms with Crippen molar-refractivity contribution >= 4 is 0 Å². The zero-order chi connectivity index (χ0) is 13.0. The molecule has 3 atom stereocenters. The molecular weight excluding hydrogens is 224 g/mol. The van der Waals surface area contributed by atoms with Crippen molar-refractivity contribution in [1.29, 1.82) is 0 Å². The van der Waals surface area contributed by atoms with Gasteiger partial charge in [0.2, 0.25) is 0 Å². The van der Waals surface area contributed by atoms with Crippen LogP contribution >= 0.6 is 0 Å². The monoisotopic (exact) mass is 246 g/mol. The first-order valence-electron chi connectivity index (χ1n) is 6.76. The number of ether oxygens (including phenoxy) is 1. The van der Waals surface area contributed by atoms with Gasteiger partial charge in [0.05, 0.1) is 0 Å². The maximum absolute atomic E-state index is 10.2. The summed E-state index contributed by atoms with van der Waals surface area (Å²) in [7, 11) is 0. The van der Waals surface area contributed by atoms with Crippen LogP contribution in [0.2, 0.25) is 0 Å². The Labute approximate surface area is 109 Å². The van der Waals surface area contributed by atoms with Crippen LogP contribution in [0.3, 0.4) is 0 Å². The standard InChI is InChI=1S/C16H22O2/c1-3-4-5-9-12-14(17)16(2)15(18-16)13-10-7-6-8-11-13/h6-12,14-15,17H,3-5H2,1-2H3/b12-9+/t14-,15+,16-/m0/s1. The molecule has 2 nitrogen and oxygen atoms in total. The molecule has 98 valence electrons. The summed E-state index contributed by atoms with van der Waals surface area (Å²) in [5, 5.41) is 10.2. The SMILES string of the molecule is CCCC/C=C/[C@H](O)[C@]1(C)O[C@@H]1c1ccccc1. The third-order valence-corrected chi connectivity index (χ3v) is 3.57. The van der Waals surface area contributed by atoms with E-state index in [1.807, 2.05) is 43.3 Å². The van der Waals surface area contributed by atoms with Gasteiger partial charge < -0.3 is 9.84 Å². The molecule has 18 heavy (non-hydrogen) atoms. The minimum Gasteiger partial charge on any atom is -0.386 e.